The molecule has 4 nitrogen and oxygen atoms in total. The van der Waals surface area contributed by atoms with E-state index in [1.807, 2.05) is 61.5 Å². The van der Waals surface area contributed by atoms with Crippen LogP contribution in [-0.2, 0) is 4.79 Å². The summed E-state index contributed by atoms with van der Waals surface area (Å²) in [7, 11) is 4.07. The highest BCUT2D eigenvalue weighted by molar-refractivity contribution is 7.99. The quantitative estimate of drug-likeness (QED) is 0.312. The molecule has 0 atom stereocenters. The third kappa shape index (κ3) is 7.29. The van der Waals surface area contributed by atoms with Crippen LogP contribution in [0.5, 0.6) is 0 Å². The van der Waals surface area contributed by atoms with E-state index in [4.69, 9.17) is 23.2 Å². The largest absolute Gasteiger partial charge is 0.309 e. The lowest BCUT2D eigenvalue weighted by molar-refractivity contribution is -0.118. The lowest BCUT2D eigenvalue weighted by Gasteiger charge is -2.21. The second-order valence-electron chi connectivity index (χ2n) is 6.86. The van der Waals surface area contributed by atoms with Crippen LogP contribution in [0.4, 0.5) is 5.13 Å². The molecule has 0 bridgehead atoms. The zero-order valence-corrected chi connectivity index (χ0v) is 20.8. The zero-order valence-electron chi connectivity index (χ0n) is 16.8. The van der Waals surface area contributed by atoms with Crippen molar-refractivity contribution in [3.05, 3.63) is 52.5 Å². The van der Waals surface area contributed by atoms with Crippen LogP contribution in [0.1, 0.15) is 12.8 Å². The number of thiazole rings is 1. The number of carbonyl (C=O) groups is 1. The first kappa shape index (κ1) is 25.2. The van der Waals surface area contributed by atoms with E-state index in [0.717, 1.165) is 33.2 Å². The minimum absolute atomic E-state index is 0. The first-order chi connectivity index (χ1) is 13.9. The van der Waals surface area contributed by atoms with Crippen molar-refractivity contribution in [1.29, 1.82) is 0 Å². The summed E-state index contributed by atoms with van der Waals surface area (Å²) < 4.78 is 0.994. The lowest BCUT2D eigenvalue weighted by Crippen LogP contribution is -2.33. The van der Waals surface area contributed by atoms with Crippen molar-refractivity contribution in [3.63, 3.8) is 0 Å². The molecule has 0 aliphatic rings. The van der Waals surface area contributed by atoms with E-state index in [0.29, 0.717) is 28.8 Å². The first-order valence-electron chi connectivity index (χ1n) is 9.32. The molecule has 0 unspecified atom stereocenters. The van der Waals surface area contributed by atoms with Crippen molar-refractivity contribution >= 4 is 80.0 Å². The van der Waals surface area contributed by atoms with Crippen LogP contribution in [0.3, 0.4) is 0 Å². The number of carbonyl (C=O) groups excluding carboxylic acids is 1. The fourth-order valence-electron chi connectivity index (χ4n) is 2.80. The molecule has 162 valence electrons. The predicted octanol–water partition coefficient (Wildman–Crippen LogP) is 6.49. The molecule has 0 aliphatic heterocycles. The molecule has 3 aromatic rings. The van der Waals surface area contributed by atoms with Gasteiger partial charge in [0.25, 0.3) is 0 Å². The predicted molar refractivity (Wildman–Crippen MR) is 134 cm³/mol. The molecule has 1 heterocycles. The van der Waals surface area contributed by atoms with Gasteiger partial charge in [-0.3, -0.25) is 9.69 Å². The summed E-state index contributed by atoms with van der Waals surface area (Å²) in [6.45, 7) is 1.57. The molecule has 2 aromatic carbocycles. The van der Waals surface area contributed by atoms with Crippen LogP contribution >= 0.6 is 58.7 Å². The number of aromatic nitrogens is 1. The third-order valence-corrected chi connectivity index (χ3v) is 6.80. The van der Waals surface area contributed by atoms with Gasteiger partial charge in [0.05, 0.1) is 10.2 Å². The van der Waals surface area contributed by atoms with Crippen molar-refractivity contribution in [2.75, 3.05) is 37.8 Å². The van der Waals surface area contributed by atoms with Crippen LogP contribution in [0.2, 0.25) is 10.0 Å². The standard InChI is InChI=1S/C21H23Cl2N3OS2.ClH/c1-25(2)11-3-12-26(21-24-18-9-6-16(23)14-19(18)29-21)20(27)10-13-28-17-7-4-15(22)5-8-17;/h4-9,14H,3,10-13H2,1-2H3;1H. The Balaban J connectivity index is 0.00000320. The van der Waals surface area contributed by atoms with E-state index in [1.165, 1.54) is 11.3 Å². The Morgan fingerprint density at radius 1 is 1.07 bits per heavy atom. The minimum atomic E-state index is 0. The van der Waals surface area contributed by atoms with Crippen molar-refractivity contribution < 1.29 is 4.79 Å². The second kappa shape index (κ2) is 12.1. The van der Waals surface area contributed by atoms with Gasteiger partial charge in [0.1, 0.15) is 0 Å². The maximum atomic E-state index is 13.0. The van der Waals surface area contributed by atoms with Gasteiger partial charge in [-0.15, -0.1) is 24.2 Å². The number of benzene rings is 2. The number of rotatable bonds is 9. The van der Waals surface area contributed by atoms with E-state index in [9.17, 15) is 4.79 Å². The van der Waals surface area contributed by atoms with Crippen LogP contribution in [0, 0.1) is 0 Å². The Morgan fingerprint density at radius 3 is 2.47 bits per heavy atom. The third-order valence-electron chi connectivity index (χ3n) is 4.26. The molecule has 0 aliphatic carbocycles. The Hall–Kier alpha value is -1.02. The number of fused-ring (bicyclic) bond motifs is 1. The highest BCUT2D eigenvalue weighted by Gasteiger charge is 2.19. The van der Waals surface area contributed by atoms with Crippen molar-refractivity contribution in [1.82, 2.24) is 9.88 Å². The van der Waals surface area contributed by atoms with Gasteiger partial charge < -0.3 is 4.90 Å². The molecule has 1 aromatic heterocycles. The molecule has 0 N–H and O–H groups in total. The summed E-state index contributed by atoms with van der Waals surface area (Å²) in [6, 6.07) is 13.3. The topological polar surface area (TPSA) is 36.4 Å². The molecular formula is C21H24Cl3N3OS2. The summed E-state index contributed by atoms with van der Waals surface area (Å²) in [4.78, 5) is 22.8. The van der Waals surface area contributed by atoms with Gasteiger partial charge in [0.2, 0.25) is 5.91 Å². The summed E-state index contributed by atoms with van der Waals surface area (Å²) in [5.41, 5.74) is 0.871. The zero-order chi connectivity index (χ0) is 20.8. The fourth-order valence-corrected chi connectivity index (χ4v) is 5.05. The van der Waals surface area contributed by atoms with Crippen LogP contribution in [0.15, 0.2) is 47.4 Å². The Labute approximate surface area is 202 Å². The molecular weight excluding hydrogens is 481 g/mol. The molecule has 0 radical (unpaired) electrons. The van der Waals surface area contributed by atoms with Gasteiger partial charge in [0.15, 0.2) is 5.13 Å². The maximum Gasteiger partial charge on any atom is 0.229 e. The molecule has 0 spiro atoms. The maximum absolute atomic E-state index is 13.0. The van der Waals surface area contributed by atoms with Gasteiger partial charge in [-0.05, 0) is 69.5 Å². The molecule has 0 saturated carbocycles. The van der Waals surface area contributed by atoms with Crippen LogP contribution in [0.25, 0.3) is 10.2 Å². The monoisotopic (exact) mass is 503 g/mol. The number of anilines is 1. The Kier molecular flexibility index (Phi) is 10.2. The normalized spacial score (nSPS) is 11.0. The average molecular weight is 505 g/mol. The molecule has 0 fully saturated rings. The summed E-state index contributed by atoms with van der Waals surface area (Å²) in [6.07, 6.45) is 1.34. The van der Waals surface area contributed by atoms with Crippen molar-refractivity contribution in [3.8, 4) is 0 Å². The van der Waals surface area contributed by atoms with E-state index in [-0.39, 0.29) is 18.3 Å². The summed E-state index contributed by atoms with van der Waals surface area (Å²) in [5.74, 6) is 0.803. The number of hydrogen-bond donors (Lipinski definition) is 0. The lowest BCUT2D eigenvalue weighted by atomic mass is 10.3. The summed E-state index contributed by atoms with van der Waals surface area (Å²) in [5, 5.41) is 2.13. The minimum Gasteiger partial charge on any atom is -0.309 e. The van der Waals surface area contributed by atoms with Gasteiger partial charge in [-0.25, -0.2) is 4.98 Å². The van der Waals surface area contributed by atoms with Crippen molar-refractivity contribution in [2.24, 2.45) is 0 Å². The summed E-state index contributed by atoms with van der Waals surface area (Å²) >= 11 is 15.2. The van der Waals surface area contributed by atoms with E-state index < -0.39 is 0 Å². The second-order valence-corrected chi connectivity index (χ2v) is 9.91. The fraction of sp³-hybridized carbons (Fsp3) is 0.333. The molecule has 30 heavy (non-hydrogen) atoms. The number of amides is 1. The van der Waals surface area contributed by atoms with Gasteiger partial charge >= 0.3 is 0 Å². The molecule has 0 saturated heterocycles. The van der Waals surface area contributed by atoms with E-state index >= 15 is 0 Å². The number of hydrogen-bond acceptors (Lipinski definition) is 5. The van der Waals surface area contributed by atoms with Gasteiger partial charge in [0, 0.05) is 33.7 Å². The number of nitrogens with zero attached hydrogens (tertiary/aromatic N) is 3. The van der Waals surface area contributed by atoms with Crippen LogP contribution < -0.4 is 4.90 Å². The van der Waals surface area contributed by atoms with E-state index in [2.05, 4.69) is 9.88 Å². The number of halogens is 3. The molecule has 3 rings (SSSR count). The highest BCUT2D eigenvalue weighted by Crippen LogP contribution is 2.31. The number of thioether (sulfide) groups is 1. The molecule has 1 amide bonds. The average Bonchev–Trinajstić information content (AvgIpc) is 3.09. The van der Waals surface area contributed by atoms with Crippen molar-refractivity contribution in [2.45, 2.75) is 17.7 Å². The highest BCUT2D eigenvalue weighted by atomic mass is 35.5. The Bertz CT molecular complexity index is 964. The van der Waals surface area contributed by atoms with Gasteiger partial charge in [-0.2, -0.15) is 0 Å². The Morgan fingerprint density at radius 2 is 1.77 bits per heavy atom. The van der Waals surface area contributed by atoms with E-state index in [1.54, 1.807) is 11.8 Å². The smallest absolute Gasteiger partial charge is 0.229 e. The SMILES string of the molecule is CN(C)CCCN(C(=O)CCSc1ccc(Cl)cc1)c1nc2ccc(Cl)cc2s1.Cl. The molecule has 9 heteroatoms. The van der Waals surface area contributed by atoms with Gasteiger partial charge in [-0.1, -0.05) is 34.5 Å². The van der Waals surface area contributed by atoms with Crippen LogP contribution in [-0.4, -0.2) is 48.7 Å². The first-order valence-corrected chi connectivity index (χ1v) is 11.9.